The Bertz CT molecular complexity index is 876. The van der Waals surface area contributed by atoms with Crippen LogP contribution in [0.5, 0.6) is 0 Å². The summed E-state index contributed by atoms with van der Waals surface area (Å²) in [6, 6.07) is 0. The molecule has 0 aliphatic heterocycles. The predicted molar refractivity (Wildman–Crippen MR) is 71.5 cm³/mol. The summed E-state index contributed by atoms with van der Waals surface area (Å²) in [5, 5.41) is 0. The molecule has 0 spiro atoms. The van der Waals surface area contributed by atoms with Gasteiger partial charge in [0, 0.05) is 5.57 Å². The van der Waals surface area contributed by atoms with Crippen LogP contribution in [0.25, 0.3) is 0 Å². The van der Waals surface area contributed by atoms with Gasteiger partial charge in [-0.05, 0) is 6.92 Å². The molecule has 23 heteroatoms. The van der Waals surface area contributed by atoms with E-state index in [0.717, 1.165) is 0 Å². The molecular formula is C14H5F21O2. The first-order chi connectivity index (χ1) is 15.6. The molecule has 0 fully saturated rings. The number of carbonyl (C=O) groups excluding carboxylic acids is 1. The molecule has 1 unspecified atom stereocenters. The first-order valence-corrected chi connectivity index (χ1v) is 7.93. The summed E-state index contributed by atoms with van der Waals surface area (Å²) in [6.07, 6.45) is -24.9. The molecule has 0 heterocycles. The van der Waals surface area contributed by atoms with Crippen molar-refractivity contribution in [3.05, 3.63) is 12.2 Å². The molecule has 0 aromatic heterocycles. The van der Waals surface area contributed by atoms with Gasteiger partial charge in [-0.1, -0.05) is 6.58 Å². The van der Waals surface area contributed by atoms with E-state index in [9.17, 15) is 97.0 Å². The Hall–Kier alpha value is -2.26. The van der Waals surface area contributed by atoms with E-state index >= 15 is 0 Å². The zero-order valence-electron chi connectivity index (χ0n) is 16.5. The van der Waals surface area contributed by atoms with Gasteiger partial charge in [0.05, 0.1) is 0 Å². The van der Waals surface area contributed by atoms with Crippen molar-refractivity contribution in [2.24, 2.45) is 0 Å². The molecule has 1 atom stereocenters. The number of halogens is 21. The maximum Gasteiger partial charge on any atom is 0.461 e. The highest BCUT2D eigenvalue weighted by molar-refractivity contribution is 5.87. The second-order valence-corrected chi connectivity index (χ2v) is 6.79. The molecule has 0 saturated heterocycles. The molecule has 0 radical (unpaired) electrons. The van der Waals surface area contributed by atoms with Crippen molar-refractivity contribution in [3.63, 3.8) is 0 Å². The number of hydrogen-bond donors (Lipinski definition) is 0. The van der Waals surface area contributed by atoms with Gasteiger partial charge in [0.25, 0.3) is 0 Å². The highest BCUT2D eigenvalue weighted by Gasteiger charge is 2.99. The summed E-state index contributed by atoms with van der Waals surface area (Å²) >= 11 is 0. The lowest BCUT2D eigenvalue weighted by molar-refractivity contribution is -0.488. The molecule has 37 heavy (non-hydrogen) atoms. The van der Waals surface area contributed by atoms with E-state index < -0.39 is 71.2 Å². The van der Waals surface area contributed by atoms with Gasteiger partial charge in [-0.15, -0.1) is 0 Å². The first-order valence-electron chi connectivity index (χ1n) is 7.93. The number of ether oxygens (including phenoxy) is 1. The second-order valence-electron chi connectivity index (χ2n) is 6.79. The SMILES string of the molecule is C=C(C)C(=O)OC(F)(C(F)(F)C(F)(F)F)C(F)(F)C(F)(F)C(F)(F)C(F)(F)C(F)(C(F)(F)F)C(F)(F)F. The molecule has 0 aromatic rings. The standard InChI is InChI=1S/C14H5F21O2/c1-3(2)4(36)37-11(26,10(24,25)14(33,34)35)9(22,23)8(20,21)7(18,19)6(16,17)5(15,12(27,28)29)13(30,31)32/h1H2,2H3. The Morgan fingerprint density at radius 2 is 0.784 bits per heavy atom. The van der Waals surface area contributed by atoms with Crippen LogP contribution in [0.2, 0.25) is 0 Å². The molecule has 0 amide bonds. The molecule has 0 saturated carbocycles. The van der Waals surface area contributed by atoms with Gasteiger partial charge in [-0.3, -0.25) is 0 Å². The molecule has 2 nitrogen and oxygen atoms in total. The van der Waals surface area contributed by atoms with E-state index in [1.165, 1.54) is 0 Å². The van der Waals surface area contributed by atoms with Gasteiger partial charge < -0.3 is 4.74 Å². The molecule has 0 N–H and O–H groups in total. The van der Waals surface area contributed by atoms with Crippen molar-refractivity contribution >= 4 is 5.97 Å². The molecule has 0 aliphatic rings. The summed E-state index contributed by atoms with van der Waals surface area (Å²) in [6.45, 7) is 2.29. The Morgan fingerprint density at radius 3 is 1.03 bits per heavy atom. The maximum atomic E-state index is 14.3. The molecule has 0 aromatic carbocycles. The number of carbonyl (C=O) groups is 1. The van der Waals surface area contributed by atoms with E-state index in [0.29, 0.717) is 0 Å². The summed E-state index contributed by atoms with van der Waals surface area (Å²) in [5.41, 5.74) is -10.7. The molecule has 0 rings (SSSR count). The fourth-order valence-corrected chi connectivity index (χ4v) is 2.05. The fourth-order valence-electron chi connectivity index (χ4n) is 2.05. The van der Waals surface area contributed by atoms with Crippen LogP contribution in [0.1, 0.15) is 6.92 Å². The quantitative estimate of drug-likeness (QED) is 0.165. The fraction of sp³-hybridized carbons (Fsp3) is 0.786. The van der Waals surface area contributed by atoms with Crippen molar-refractivity contribution in [1.29, 1.82) is 0 Å². The summed E-state index contributed by atoms with van der Waals surface area (Å²) in [7, 11) is 0. The zero-order valence-corrected chi connectivity index (χ0v) is 16.5. The van der Waals surface area contributed by atoms with Crippen LogP contribution < -0.4 is 0 Å². The summed E-state index contributed by atoms with van der Waals surface area (Å²) in [4.78, 5) is 11.0. The molecule has 0 aliphatic carbocycles. The molecule has 0 bridgehead atoms. The summed E-state index contributed by atoms with van der Waals surface area (Å²) in [5.74, 6) is -56.9. The van der Waals surface area contributed by atoms with Crippen molar-refractivity contribution < 1.29 is 102 Å². The lowest BCUT2D eigenvalue weighted by Crippen LogP contribution is -2.79. The topological polar surface area (TPSA) is 26.3 Å². The van der Waals surface area contributed by atoms with Gasteiger partial charge in [0.1, 0.15) is 0 Å². The Balaban J connectivity index is 7.66. The van der Waals surface area contributed by atoms with E-state index in [1.807, 2.05) is 0 Å². The van der Waals surface area contributed by atoms with Gasteiger partial charge in [-0.25, -0.2) is 9.18 Å². The van der Waals surface area contributed by atoms with Gasteiger partial charge >= 0.3 is 65.6 Å². The van der Waals surface area contributed by atoms with E-state index in [-0.39, 0.29) is 6.92 Å². The average molecular weight is 604 g/mol. The van der Waals surface area contributed by atoms with Crippen LogP contribution in [0.15, 0.2) is 12.2 Å². The monoisotopic (exact) mass is 604 g/mol. The van der Waals surface area contributed by atoms with Crippen molar-refractivity contribution in [3.8, 4) is 0 Å². The molecule has 220 valence electrons. The highest BCUT2D eigenvalue weighted by atomic mass is 19.4. The van der Waals surface area contributed by atoms with Crippen LogP contribution >= 0.6 is 0 Å². The third-order valence-corrected chi connectivity index (χ3v) is 4.14. The molecular weight excluding hydrogens is 599 g/mol. The van der Waals surface area contributed by atoms with Crippen LogP contribution in [0, 0.1) is 0 Å². The minimum atomic E-state index is -9.34. The average Bonchev–Trinajstić information content (AvgIpc) is 2.63. The van der Waals surface area contributed by atoms with Crippen LogP contribution in [-0.4, -0.2) is 65.6 Å². The Labute approximate surface area is 188 Å². The van der Waals surface area contributed by atoms with Crippen molar-refractivity contribution in [2.45, 2.75) is 66.6 Å². The third kappa shape index (κ3) is 4.42. The second kappa shape index (κ2) is 8.63. The Morgan fingerprint density at radius 1 is 0.486 bits per heavy atom. The lowest BCUT2D eigenvalue weighted by Gasteiger charge is -2.46. The predicted octanol–water partition coefficient (Wildman–Crippen LogP) is 7.34. The van der Waals surface area contributed by atoms with Gasteiger partial charge in [0.2, 0.25) is 0 Å². The zero-order chi connectivity index (χ0) is 30.9. The largest absolute Gasteiger partial charge is 0.461 e. The maximum absolute atomic E-state index is 14.3. The van der Waals surface area contributed by atoms with Crippen molar-refractivity contribution in [1.82, 2.24) is 0 Å². The van der Waals surface area contributed by atoms with Crippen LogP contribution in [0.3, 0.4) is 0 Å². The van der Waals surface area contributed by atoms with Gasteiger partial charge in [0.15, 0.2) is 0 Å². The number of esters is 1. The summed E-state index contributed by atoms with van der Waals surface area (Å²) < 4.78 is 279. The van der Waals surface area contributed by atoms with Crippen LogP contribution in [-0.2, 0) is 9.53 Å². The van der Waals surface area contributed by atoms with E-state index in [1.54, 1.807) is 0 Å². The number of hydrogen-bond acceptors (Lipinski definition) is 2. The smallest absolute Gasteiger partial charge is 0.413 e. The van der Waals surface area contributed by atoms with Crippen LogP contribution in [0.4, 0.5) is 92.2 Å². The lowest BCUT2D eigenvalue weighted by atomic mass is 9.83. The first kappa shape index (κ1) is 34.7. The minimum Gasteiger partial charge on any atom is -0.413 e. The minimum absolute atomic E-state index is 0.0532. The third-order valence-electron chi connectivity index (χ3n) is 4.14. The number of alkyl halides is 21. The normalized spacial score (nSPS) is 17.4. The Kier molecular flexibility index (Phi) is 8.10. The highest BCUT2D eigenvalue weighted by Crippen LogP contribution is 2.67. The number of rotatable bonds is 8. The van der Waals surface area contributed by atoms with Gasteiger partial charge in [-0.2, -0.15) is 87.8 Å². The van der Waals surface area contributed by atoms with E-state index in [2.05, 4.69) is 11.3 Å². The van der Waals surface area contributed by atoms with Crippen molar-refractivity contribution in [2.75, 3.05) is 0 Å². The van der Waals surface area contributed by atoms with E-state index in [4.69, 9.17) is 0 Å².